The van der Waals surface area contributed by atoms with E-state index in [0.717, 1.165) is 16.9 Å². The van der Waals surface area contributed by atoms with Gasteiger partial charge >= 0.3 is 14.5 Å². The van der Waals surface area contributed by atoms with Crippen LogP contribution in [0.1, 0.15) is 11.7 Å². The summed E-state index contributed by atoms with van der Waals surface area (Å²) in [6.07, 6.45) is -15.3. The highest BCUT2D eigenvalue weighted by Gasteiger charge is 2.58. The Morgan fingerprint density at radius 3 is 2.60 bits per heavy atom. The Labute approximate surface area is 245 Å². The third-order valence-electron chi connectivity index (χ3n) is 6.46. The average Bonchev–Trinajstić information content (AvgIpc) is 3.46. The fourth-order valence-electron chi connectivity index (χ4n) is 4.42. The highest BCUT2D eigenvalue weighted by molar-refractivity contribution is 8.08. The molecule has 23 heteroatoms. The van der Waals surface area contributed by atoms with Gasteiger partial charge in [-0.05, 0) is 17.9 Å². The molecule has 12 atom stereocenters. The van der Waals surface area contributed by atoms with Crippen molar-refractivity contribution in [1.29, 1.82) is 0 Å². The maximum atomic E-state index is 16.1. The molecular formula is C20H27F2N5O13P2S. The van der Waals surface area contributed by atoms with Gasteiger partial charge in [0.15, 0.2) is 23.8 Å². The number of nitrogen functional groups attached to an aromatic ring is 1. The second-order valence-electron chi connectivity index (χ2n) is 9.30. The number of hydrogen-bond donors (Lipinski definition) is 8. The van der Waals surface area contributed by atoms with Crippen molar-refractivity contribution in [3.63, 3.8) is 0 Å². The summed E-state index contributed by atoms with van der Waals surface area (Å²) in [7, 11) is -5.56. The number of phosphoric ester groups is 1. The molecule has 4 heterocycles. The predicted molar refractivity (Wildman–Crippen MR) is 139 cm³/mol. The van der Waals surface area contributed by atoms with Gasteiger partial charge in [0.25, 0.3) is 0 Å². The number of alkyl halides is 2. The molecule has 18 nitrogen and oxygen atoms in total. The third-order valence-corrected chi connectivity index (χ3v) is 9.98. The number of halogens is 2. The number of aromatic nitrogens is 4. The number of phosphoric acid groups is 1. The molecule has 9 N–H and O–H groups in total. The van der Waals surface area contributed by atoms with Gasteiger partial charge in [-0.3, -0.25) is 4.52 Å². The number of rotatable bonds is 11. The van der Waals surface area contributed by atoms with Crippen molar-refractivity contribution in [2.24, 2.45) is 0 Å². The van der Waals surface area contributed by atoms with Crippen molar-refractivity contribution < 1.29 is 71.5 Å². The topological polar surface area (TPSA) is 274 Å². The first kappa shape index (κ1) is 34.0. The summed E-state index contributed by atoms with van der Waals surface area (Å²) in [6, 6.07) is 0. The van der Waals surface area contributed by atoms with Crippen LogP contribution in [0.2, 0.25) is 0 Å². The Kier molecular flexibility index (Phi) is 10.2. The van der Waals surface area contributed by atoms with Gasteiger partial charge in [-0.2, -0.15) is 9.61 Å². The van der Waals surface area contributed by atoms with Crippen LogP contribution >= 0.6 is 14.5 Å². The summed E-state index contributed by atoms with van der Waals surface area (Å²) >= 11 is 4.70. The Hall–Kier alpha value is -1.87. The number of nitrogens with zero attached hydrogens (tertiary/aromatic N) is 4. The Morgan fingerprint density at radius 2 is 1.95 bits per heavy atom. The van der Waals surface area contributed by atoms with Crippen molar-refractivity contribution in [2.45, 2.75) is 60.9 Å². The molecule has 2 aromatic heterocycles. The molecule has 0 aliphatic carbocycles. The highest BCUT2D eigenvalue weighted by atomic mass is 32.5. The minimum absolute atomic E-state index is 0.0194. The Bertz CT molecular complexity index is 1470. The van der Waals surface area contributed by atoms with Crippen LogP contribution in [0.3, 0.4) is 0 Å². The van der Waals surface area contributed by atoms with Crippen molar-refractivity contribution >= 4 is 37.9 Å². The molecule has 0 aromatic carbocycles. The van der Waals surface area contributed by atoms with Crippen LogP contribution < -0.4 is 5.73 Å². The molecule has 2 saturated heterocycles. The van der Waals surface area contributed by atoms with Gasteiger partial charge in [-0.15, -0.1) is 5.73 Å². The van der Waals surface area contributed by atoms with Crippen LogP contribution in [0.5, 0.6) is 0 Å². The van der Waals surface area contributed by atoms with E-state index in [1.165, 1.54) is 6.20 Å². The maximum Gasteiger partial charge on any atom is 0.481 e. The van der Waals surface area contributed by atoms with Gasteiger partial charge in [0.1, 0.15) is 49.1 Å². The van der Waals surface area contributed by atoms with Gasteiger partial charge in [-0.1, -0.05) is 6.58 Å². The third kappa shape index (κ3) is 6.87. The number of hydrogen-bond acceptors (Lipinski definition) is 16. The SMILES string of the molecule is C=C=C[C@@]1(F)[C@H](O)[C@@H](COP(O)(=S)OP(=O)(O)OC2OC([C@@H](F)CO)C(O)C(O)C2O)O[C@H]1c1cnn2c(N)ncnc12. The molecule has 0 radical (unpaired) electrons. The molecule has 0 spiro atoms. The van der Waals surface area contributed by atoms with Crippen LogP contribution in [0.25, 0.3) is 5.65 Å². The minimum atomic E-state index is -5.56. The van der Waals surface area contributed by atoms with Crippen LogP contribution in [0.15, 0.2) is 30.9 Å². The summed E-state index contributed by atoms with van der Waals surface area (Å²) in [5, 5.41) is 53.5. The number of aliphatic hydroxyl groups is 5. The molecule has 2 aliphatic rings. The van der Waals surface area contributed by atoms with E-state index >= 15 is 4.39 Å². The Balaban J connectivity index is 1.46. The van der Waals surface area contributed by atoms with E-state index < -0.39 is 88.6 Å². The second kappa shape index (κ2) is 12.9. The summed E-state index contributed by atoms with van der Waals surface area (Å²) in [4.78, 5) is 28.3. The van der Waals surface area contributed by atoms with E-state index in [1.807, 2.05) is 0 Å². The second-order valence-corrected chi connectivity index (χ2v) is 13.7. The standard InChI is InChI=1S/C20H27F2N5O13P2S/c1-2-3-20(22)15(32)10(37-16(20)8-4-26-27-17(8)24-7-25-19(27)23)6-36-42(35,43)40-41(33,34)39-18-13(31)11(29)12(30)14(38-18)9(21)5-28/h3-4,7,9-16,18,28-32H,1,5-6H2,(H,33,34)(H,35,43)(H2,23,24,25)/t9-,10+,11?,12?,13?,14?,15+,16-,18?,20+,42?/m0/s1. The molecule has 2 aromatic rings. The van der Waals surface area contributed by atoms with Crippen LogP contribution in [-0.4, -0.2) is 123 Å². The predicted octanol–water partition coefficient (Wildman–Crippen LogP) is -1.94. The number of fused-ring (bicyclic) bond motifs is 1. The molecule has 2 fully saturated rings. The van der Waals surface area contributed by atoms with Crippen molar-refractivity contribution in [2.75, 3.05) is 18.9 Å². The Morgan fingerprint density at radius 1 is 1.26 bits per heavy atom. The van der Waals surface area contributed by atoms with E-state index in [2.05, 4.69) is 36.2 Å². The number of aliphatic hydroxyl groups excluding tert-OH is 5. The molecule has 0 bridgehead atoms. The van der Waals surface area contributed by atoms with E-state index in [9.17, 15) is 39.2 Å². The van der Waals surface area contributed by atoms with Crippen LogP contribution in [0, 0.1) is 0 Å². The minimum Gasteiger partial charge on any atom is -0.393 e. The molecule has 43 heavy (non-hydrogen) atoms. The number of anilines is 1. The summed E-state index contributed by atoms with van der Waals surface area (Å²) in [6.45, 7) is -3.61. The molecule has 240 valence electrons. The lowest BCUT2D eigenvalue weighted by molar-refractivity contribution is -0.287. The van der Waals surface area contributed by atoms with Gasteiger partial charge in [0, 0.05) is 5.56 Å². The van der Waals surface area contributed by atoms with E-state index in [4.69, 9.17) is 36.6 Å². The zero-order valence-electron chi connectivity index (χ0n) is 21.6. The van der Waals surface area contributed by atoms with Crippen molar-refractivity contribution in [3.8, 4) is 0 Å². The molecule has 2 aliphatic heterocycles. The zero-order chi connectivity index (χ0) is 31.9. The first-order valence-electron chi connectivity index (χ1n) is 12.0. The average molecular weight is 677 g/mol. The highest BCUT2D eigenvalue weighted by Crippen LogP contribution is 2.62. The maximum absolute atomic E-state index is 16.1. The molecular weight excluding hydrogens is 650 g/mol. The number of ether oxygens (including phenoxy) is 2. The monoisotopic (exact) mass is 677 g/mol. The lowest BCUT2D eigenvalue weighted by Gasteiger charge is -2.41. The largest absolute Gasteiger partial charge is 0.481 e. The fourth-order valence-corrected chi connectivity index (χ4v) is 7.52. The summed E-state index contributed by atoms with van der Waals surface area (Å²) < 4.78 is 68.3. The van der Waals surface area contributed by atoms with Gasteiger partial charge in [0.2, 0.25) is 5.95 Å². The van der Waals surface area contributed by atoms with E-state index in [1.54, 1.807) is 0 Å². The number of nitrogens with two attached hydrogens (primary N) is 1. The normalized spacial score (nSPS) is 36.5. The van der Waals surface area contributed by atoms with Gasteiger partial charge < -0.3 is 55.1 Å². The van der Waals surface area contributed by atoms with Crippen LogP contribution in [-0.2, 0) is 39.2 Å². The first-order chi connectivity index (χ1) is 20.0. The van der Waals surface area contributed by atoms with Crippen LogP contribution in [0.4, 0.5) is 14.7 Å². The summed E-state index contributed by atoms with van der Waals surface area (Å²) in [5.74, 6) is -0.0857. The van der Waals surface area contributed by atoms with Gasteiger partial charge in [-0.25, -0.2) is 27.6 Å². The smallest absolute Gasteiger partial charge is 0.393 e. The summed E-state index contributed by atoms with van der Waals surface area (Å²) in [5.41, 5.74) is 5.30. The van der Waals surface area contributed by atoms with Gasteiger partial charge in [0.05, 0.1) is 19.4 Å². The first-order valence-corrected chi connectivity index (χ1v) is 16.1. The molecule has 7 unspecified atom stereocenters. The lowest BCUT2D eigenvalue weighted by atomic mass is 9.89. The van der Waals surface area contributed by atoms with E-state index in [-0.39, 0.29) is 17.2 Å². The van der Waals surface area contributed by atoms with E-state index in [0.29, 0.717) is 0 Å². The molecule has 0 saturated carbocycles. The lowest BCUT2D eigenvalue weighted by Crippen LogP contribution is -2.60. The molecule has 4 rings (SSSR count). The van der Waals surface area contributed by atoms with Crippen molar-refractivity contribution in [3.05, 3.63) is 36.5 Å². The van der Waals surface area contributed by atoms with Crippen molar-refractivity contribution in [1.82, 2.24) is 19.6 Å². The molecule has 0 amide bonds. The zero-order valence-corrected chi connectivity index (χ0v) is 24.2. The fraction of sp³-hybridized carbons (Fsp3) is 0.600. The quantitative estimate of drug-likeness (QED) is 0.0949.